The zero-order valence-electron chi connectivity index (χ0n) is 26.6. The first-order valence-electron chi connectivity index (χ1n) is 15.3. The number of rotatable bonds is 13. The SMILES string of the molecule is CCOC(=O)CCCCCN(c1cc(OCC2CCN(C(=O)OC(C)(C)C)CC2)cc(C(F)(F)F)c1)S(=O)(=O)c1ccccc1Cl. The van der Waals surface area contributed by atoms with Gasteiger partial charge in [0.1, 0.15) is 16.2 Å². The van der Waals surface area contributed by atoms with E-state index >= 15 is 0 Å². The molecule has 1 amide bonds. The van der Waals surface area contributed by atoms with Crippen LogP contribution in [-0.2, 0) is 30.5 Å². The summed E-state index contributed by atoms with van der Waals surface area (Å²) >= 11 is 6.23. The molecule has 3 rings (SSSR count). The number of hydrogen-bond acceptors (Lipinski definition) is 7. The van der Waals surface area contributed by atoms with Gasteiger partial charge in [-0.2, -0.15) is 13.2 Å². The van der Waals surface area contributed by atoms with E-state index in [9.17, 15) is 31.2 Å². The maximum atomic E-state index is 14.1. The van der Waals surface area contributed by atoms with Crippen molar-refractivity contribution in [2.45, 2.75) is 82.9 Å². The molecule has 1 aliphatic rings. The summed E-state index contributed by atoms with van der Waals surface area (Å²) in [6, 6.07) is 8.61. The zero-order chi connectivity index (χ0) is 34.1. The Balaban J connectivity index is 1.83. The van der Waals surface area contributed by atoms with E-state index in [1.54, 1.807) is 38.7 Å². The van der Waals surface area contributed by atoms with Gasteiger partial charge in [0.25, 0.3) is 10.0 Å². The van der Waals surface area contributed by atoms with E-state index < -0.39 is 33.5 Å². The Morgan fingerprint density at radius 2 is 1.70 bits per heavy atom. The lowest BCUT2D eigenvalue weighted by molar-refractivity contribution is -0.143. The number of alkyl halides is 3. The smallest absolute Gasteiger partial charge is 0.416 e. The maximum Gasteiger partial charge on any atom is 0.416 e. The molecule has 1 saturated heterocycles. The van der Waals surface area contributed by atoms with Crippen LogP contribution in [0.3, 0.4) is 0 Å². The molecule has 14 heteroatoms. The van der Waals surface area contributed by atoms with Crippen LogP contribution in [0.15, 0.2) is 47.4 Å². The van der Waals surface area contributed by atoms with E-state index in [0.29, 0.717) is 38.8 Å². The van der Waals surface area contributed by atoms with Crippen molar-refractivity contribution in [1.82, 2.24) is 4.90 Å². The van der Waals surface area contributed by atoms with Gasteiger partial charge in [0.2, 0.25) is 0 Å². The predicted octanol–water partition coefficient (Wildman–Crippen LogP) is 7.70. The summed E-state index contributed by atoms with van der Waals surface area (Å²) in [5.41, 5.74) is -1.93. The van der Waals surface area contributed by atoms with Crippen LogP contribution in [-0.4, -0.2) is 63.8 Å². The number of halogens is 4. The van der Waals surface area contributed by atoms with Crippen LogP contribution < -0.4 is 9.04 Å². The van der Waals surface area contributed by atoms with Crippen LogP contribution >= 0.6 is 11.6 Å². The molecule has 0 radical (unpaired) electrons. The molecular formula is C32H42ClF3N2O7S. The highest BCUT2D eigenvalue weighted by molar-refractivity contribution is 7.93. The Morgan fingerprint density at radius 3 is 2.30 bits per heavy atom. The number of likely N-dealkylation sites (tertiary alicyclic amines) is 1. The van der Waals surface area contributed by atoms with Gasteiger partial charge in [0.05, 0.1) is 29.5 Å². The second-order valence-electron chi connectivity index (χ2n) is 12.1. The fraction of sp³-hybridized carbons (Fsp3) is 0.562. The lowest BCUT2D eigenvalue weighted by atomic mass is 9.98. The van der Waals surface area contributed by atoms with E-state index in [4.69, 9.17) is 25.8 Å². The maximum absolute atomic E-state index is 14.1. The van der Waals surface area contributed by atoms with E-state index in [1.807, 2.05) is 0 Å². The van der Waals surface area contributed by atoms with Crippen molar-refractivity contribution < 1.29 is 45.4 Å². The number of benzene rings is 2. The zero-order valence-corrected chi connectivity index (χ0v) is 28.1. The third kappa shape index (κ3) is 11.0. The van der Waals surface area contributed by atoms with Crippen molar-refractivity contribution in [3.63, 3.8) is 0 Å². The summed E-state index contributed by atoms with van der Waals surface area (Å²) in [5.74, 6) is -0.557. The second kappa shape index (κ2) is 16.1. The number of nitrogens with zero attached hydrogens (tertiary/aromatic N) is 2. The van der Waals surface area contributed by atoms with Gasteiger partial charge in [-0.3, -0.25) is 9.10 Å². The number of amides is 1. The second-order valence-corrected chi connectivity index (χ2v) is 14.3. The summed E-state index contributed by atoms with van der Waals surface area (Å²) in [7, 11) is -4.40. The average Bonchev–Trinajstić information content (AvgIpc) is 2.97. The average molecular weight is 691 g/mol. The number of ether oxygens (including phenoxy) is 3. The molecule has 256 valence electrons. The fourth-order valence-corrected chi connectivity index (χ4v) is 6.88. The Bertz CT molecular complexity index is 1440. The summed E-state index contributed by atoms with van der Waals surface area (Å²) in [5, 5.41) is -0.0732. The van der Waals surface area contributed by atoms with Crippen LogP contribution in [0.25, 0.3) is 0 Å². The third-order valence-electron chi connectivity index (χ3n) is 7.21. The van der Waals surface area contributed by atoms with Crippen LogP contribution in [0, 0.1) is 5.92 Å². The van der Waals surface area contributed by atoms with Crippen LogP contribution in [0.4, 0.5) is 23.7 Å². The number of sulfonamides is 1. The molecule has 0 aliphatic carbocycles. The molecule has 1 fully saturated rings. The molecule has 1 heterocycles. The van der Waals surface area contributed by atoms with Gasteiger partial charge in [-0.25, -0.2) is 13.2 Å². The number of anilines is 1. The molecule has 9 nitrogen and oxygen atoms in total. The minimum Gasteiger partial charge on any atom is -0.493 e. The standard InChI is InChI=1S/C32H42ClF3N2O7S/c1-5-43-29(39)13-7-6-10-16-38(46(41,42)28-12-9-8-11-27(28)33)25-19-24(32(34,35)36)20-26(21-25)44-22-23-14-17-37(18-15-23)30(40)45-31(2,3)4/h8-9,11-12,19-21,23H,5-7,10,13-18,22H2,1-4H3. The molecular weight excluding hydrogens is 649 g/mol. The molecule has 0 N–H and O–H groups in total. The van der Waals surface area contributed by atoms with Crippen molar-refractivity contribution in [3.05, 3.63) is 53.1 Å². The quantitative estimate of drug-likeness (QED) is 0.157. The monoisotopic (exact) mass is 690 g/mol. The van der Waals surface area contributed by atoms with Gasteiger partial charge in [0.15, 0.2) is 0 Å². The summed E-state index contributed by atoms with van der Waals surface area (Å²) in [6.07, 6.45) is -2.84. The van der Waals surface area contributed by atoms with Crippen LogP contribution in [0.2, 0.25) is 5.02 Å². The van der Waals surface area contributed by atoms with Gasteiger partial charge < -0.3 is 19.1 Å². The van der Waals surface area contributed by atoms with E-state index in [1.165, 1.54) is 24.3 Å². The van der Waals surface area contributed by atoms with Gasteiger partial charge in [-0.15, -0.1) is 0 Å². The van der Waals surface area contributed by atoms with Crippen molar-refractivity contribution in [3.8, 4) is 5.75 Å². The molecule has 0 bridgehead atoms. The molecule has 1 aliphatic heterocycles. The van der Waals surface area contributed by atoms with Crippen molar-refractivity contribution in [1.29, 1.82) is 0 Å². The molecule has 0 aromatic heterocycles. The third-order valence-corrected chi connectivity index (χ3v) is 9.54. The molecule has 0 spiro atoms. The van der Waals surface area contributed by atoms with Gasteiger partial charge in [0, 0.05) is 32.1 Å². The fourth-order valence-electron chi connectivity index (χ4n) is 4.89. The lowest BCUT2D eigenvalue weighted by Gasteiger charge is -2.33. The number of carbonyl (C=O) groups excluding carboxylic acids is 2. The predicted molar refractivity (Wildman–Crippen MR) is 169 cm³/mol. The molecule has 0 atom stereocenters. The highest BCUT2D eigenvalue weighted by Gasteiger charge is 2.35. The molecule has 46 heavy (non-hydrogen) atoms. The van der Waals surface area contributed by atoms with E-state index in [2.05, 4.69) is 0 Å². The number of carbonyl (C=O) groups is 2. The number of unbranched alkanes of at least 4 members (excludes halogenated alkanes) is 2. The lowest BCUT2D eigenvalue weighted by Crippen LogP contribution is -2.42. The van der Waals surface area contributed by atoms with Crippen LogP contribution in [0.1, 0.15) is 71.8 Å². The molecule has 2 aromatic carbocycles. The summed E-state index contributed by atoms with van der Waals surface area (Å²) in [4.78, 5) is 25.4. The number of esters is 1. The summed E-state index contributed by atoms with van der Waals surface area (Å²) < 4.78 is 87.1. The Morgan fingerprint density at radius 1 is 1.02 bits per heavy atom. The number of piperidine rings is 1. The van der Waals surface area contributed by atoms with Crippen LogP contribution in [0.5, 0.6) is 5.75 Å². The first kappa shape index (κ1) is 37.3. The molecule has 0 unspecified atom stereocenters. The van der Waals surface area contributed by atoms with Gasteiger partial charge >= 0.3 is 18.2 Å². The largest absolute Gasteiger partial charge is 0.493 e. The summed E-state index contributed by atoms with van der Waals surface area (Å²) in [6.45, 7) is 8.01. The van der Waals surface area contributed by atoms with E-state index in [-0.39, 0.29) is 65.8 Å². The highest BCUT2D eigenvalue weighted by atomic mass is 35.5. The number of hydrogen-bond donors (Lipinski definition) is 0. The minimum absolute atomic E-state index is 0.0426. The van der Waals surface area contributed by atoms with Crippen molar-refractivity contribution in [2.24, 2.45) is 5.92 Å². The van der Waals surface area contributed by atoms with E-state index in [0.717, 1.165) is 16.4 Å². The Kier molecular flexibility index (Phi) is 13.0. The first-order chi connectivity index (χ1) is 21.5. The minimum atomic E-state index is -4.79. The van der Waals surface area contributed by atoms with Gasteiger partial charge in [-0.1, -0.05) is 30.2 Å². The Hall–Kier alpha value is -3.19. The van der Waals surface area contributed by atoms with Gasteiger partial charge in [-0.05, 0) is 83.6 Å². The first-order valence-corrected chi connectivity index (χ1v) is 17.1. The topological polar surface area (TPSA) is 102 Å². The Labute approximate surface area is 274 Å². The molecule has 2 aromatic rings. The normalized spacial score (nSPS) is 14.6. The van der Waals surface area contributed by atoms with Crippen molar-refractivity contribution >= 4 is 39.4 Å². The molecule has 0 saturated carbocycles. The highest BCUT2D eigenvalue weighted by Crippen LogP contribution is 2.38. The van der Waals surface area contributed by atoms with Crippen molar-refractivity contribution in [2.75, 3.05) is 37.2 Å².